The van der Waals surface area contributed by atoms with Crippen molar-refractivity contribution in [3.8, 4) is 0 Å². The van der Waals surface area contributed by atoms with Crippen LogP contribution in [0.5, 0.6) is 0 Å². The smallest absolute Gasteiger partial charge is 0.894 e. The van der Waals surface area contributed by atoms with Gasteiger partial charge in [-0.25, -0.2) is 0 Å². The van der Waals surface area contributed by atoms with E-state index in [0.717, 1.165) is 0 Å². The molecule has 4 nitrogen and oxygen atoms in total. The van der Waals surface area contributed by atoms with E-state index in [-0.39, 0.29) is 65.0 Å². The summed E-state index contributed by atoms with van der Waals surface area (Å²) in [7, 11) is -5.61. The zero-order valence-electron chi connectivity index (χ0n) is 3.34. The average molecular weight is 339 g/mol. The molecule has 0 saturated carbocycles. The van der Waals surface area contributed by atoms with Gasteiger partial charge in [-0.1, -0.05) is 0 Å². The van der Waals surface area contributed by atoms with Gasteiger partial charge in [0.2, 0.25) is 0 Å². The number of hydrogen-bond acceptors (Lipinski definition) is 4. The van der Waals surface area contributed by atoms with E-state index >= 15 is 0 Å². The molecule has 0 aromatic carbocycles. The molecular formula is CaO4PbSi. The largest absolute Gasteiger partial charge is 2.00 e. The van der Waals surface area contributed by atoms with Gasteiger partial charge >= 0.3 is 65.0 Å². The van der Waals surface area contributed by atoms with E-state index < -0.39 is 9.05 Å². The summed E-state index contributed by atoms with van der Waals surface area (Å²) >= 11 is 0. The molecule has 0 aliphatic rings. The zero-order valence-corrected chi connectivity index (χ0v) is 10.4. The van der Waals surface area contributed by atoms with Crippen LogP contribution in [0.4, 0.5) is 0 Å². The topological polar surface area (TPSA) is 92.2 Å². The number of hydrogen-bond donors (Lipinski definition) is 0. The second kappa shape index (κ2) is 6.36. The third kappa shape index (κ3) is 64.0. The Kier molecular flexibility index (Phi) is 14.6. The third-order valence-electron chi connectivity index (χ3n) is 0. The molecule has 0 N–H and O–H groups in total. The molecule has 0 aromatic heterocycles. The molecule has 0 heterocycles. The van der Waals surface area contributed by atoms with Gasteiger partial charge in [0.25, 0.3) is 0 Å². The minimum Gasteiger partial charge on any atom is -0.894 e. The van der Waals surface area contributed by atoms with Crippen molar-refractivity contribution in [2.45, 2.75) is 0 Å². The summed E-state index contributed by atoms with van der Waals surface area (Å²) in [6.45, 7) is 0. The van der Waals surface area contributed by atoms with Crippen molar-refractivity contribution in [1.29, 1.82) is 0 Å². The van der Waals surface area contributed by atoms with Gasteiger partial charge in [0.05, 0.1) is 0 Å². The van der Waals surface area contributed by atoms with Gasteiger partial charge in [0.15, 0.2) is 0 Å². The minimum absolute atomic E-state index is 0. The summed E-state index contributed by atoms with van der Waals surface area (Å²) < 4.78 is 0. The summed E-state index contributed by atoms with van der Waals surface area (Å²) in [5.74, 6) is 0. The van der Waals surface area contributed by atoms with Crippen LogP contribution in [-0.4, -0.2) is 74.1 Å². The molecule has 2 radical (unpaired) electrons. The Balaban J connectivity index is -0.0000000800. The maximum atomic E-state index is 8.58. The van der Waals surface area contributed by atoms with Crippen LogP contribution in [0.25, 0.3) is 0 Å². The molecule has 0 atom stereocenters. The van der Waals surface area contributed by atoms with E-state index in [9.17, 15) is 0 Å². The Morgan fingerprint density at radius 2 is 0.857 bits per heavy atom. The van der Waals surface area contributed by atoms with E-state index in [4.69, 9.17) is 19.2 Å². The molecule has 0 bridgehead atoms. The quantitative estimate of drug-likeness (QED) is 0.411. The van der Waals surface area contributed by atoms with E-state index in [1.807, 2.05) is 0 Å². The van der Waals surface area contributed by atoms with E-state index in [1.165, 1.54) is 0 Å². The Hall–Kier alpha value is 2.24. The van der Waals surface area contributed by atoms with Crippen molar-refractivity contribution in [1.82, 2.24) is 0 Å². The molecule has 0 aromatic rings. The van der Waals surface area contributed by atoms with Crippen LogP contribution in [0, 0.1) is 0 Å². The Morgan fingerprint density at radius 3 is 0.857 bits per heavy atom. The van der Waals surface area contributed by atoms with Gasteiger partial charge in [-0.3, -0.25) is 0 Å². The zero-order chi connectivity index (χ0) is 4.50. The first-order chi connectivity index (χ1) is 2.00. The molecule has 0 fully saturated rings. The standard InChI is InChI=1S/Ca.O4Si.Pb/c;1-5(2,3)4;/q+2;-4;+2. The maximum Gasteiger partial charge on any atom is 2.00 e. The van der Waals surface area contributed by atoms with Gasteiger partial charge in [-0.2, -0.15) is 0 Å². The maximum absolute atomic E-state index is 8.58. The van der Waals surface area contributed by atoms with Crippen LogP contribution in [0.2, 0.25) is 0 Å². The molecule has 7 heteroatoms. The van der Waals surface area contributed by atoms with Crippen LogP contribution in [0.1, 0.15) is 0 Å². The number of rotatable bonds is 0. The SMILES string of the molecule is [Ca+2].[O-][Si]([O-])([O-])[O-].[Pb+2]. The normalized spacial score (nSPS) is 8.57. The second-order valence-electron chi connectivity index (χ2n) is 0.500. The predicted molar refractivity (Wildman–Crippen MR) is 17.3 cm³/mol. The molecule has 0 saturated heterocycles. The monoisotopic (exact) mass is 340 g/mol. The van der Waals surface area contributed by atoms with Crippen LogP contribution in [0.3, 0.4) is 0 Å². The van der Waals surface area contributed by atoms with E-state index in [1.54, 1.807) is 0 Å². The molecule has 0 spiro atoms. The van der Waals surface area contributed by atoms with Crippen LogP contribution in [-0.2, 0) is 0 Å². The fraction of sp³-hybridized carbons (Fsp3) is 0. The first-order valence-electron chi connectivity index (χ1n) is 0.816. The van der Waals surface area contributed by atoms with Crippen molar-refractivity contribution < 1.29 is 19.2 Å². The molecule has 34 valence electrons. The van der Waals surface area contributed by atoms with Crippen LogP contribution < -0.4 is 19.2 Å². The first-order valence-corrected chi connectivity index (χ1v) is 2.45. The van der Waals surface area contributed by atoms with Gasteiger partial charge in [0.1, 0.15) is 0 Å². The predicted octanol–water partition coefficient (Wildman–Crippen LogP) is -5.90. The van der Waals surface area contributed by atoms with Crippen molar-refractivity contribution in [3.05, 3.63) is 0 Å². The second-order valence-corrected chi connectivity index (χ2v) is 1.50. The van der Waals surface area contributed by atoms with Crippen molar-refractivity contribution in [2.75, 3.05) is 0 Å². The molecule has 7 heavy (non-hydrogen) atoms. The van der Waals surface area contributed by atoms with Gasteiger partial charge in [0, 0.05) is 0 Å². The fourth-order valence-electron chi connectivity index (χ4n) is 0. The Bertz CT molecular complexity index is 27.2. The van der Waals surface area contributed by atoms with Crippen LogP contribution in [0.15, 0.2) is 0 Å². The molecule has 0 unspecified atom stereocenters. The summed E-state index contributed by atoms with van der Waals surface area (Å²) in [5.41, 5.74) is 0. The van der Waals surface area contributed by atoms with Gasteiger partial charge in [-0.05, 0) is 0 Å². The molecular weight excluding hydrogens is 339 g/mol. The van der Waals surface area contributed by atoms with Crippen molar-refractivity contribution >= 4 is 74.1 Å². The molecule has 0 rings (SSSR count). The third-order valence-corrected chi connectivity index (χ3v) is 0. The molecule has 0 amide bonds. The summed E-state index contributed by atoms with van der Waals surface area (Å²) in [6.07, 6.45) is 0. The molecule has 0 aliphatic heterocycles. The average Bonchev–Trinajstić information content (AvgIpc) is 0.722. The summed E-state index contributed by atoms with van der Waals surface area (Å²) in [5, 5.41) is 0. The van der Waals surface area contributed by atoms with Crippen LogP contribution >= 0.6 is 0 Å². The fourth-order valence-corrected chi connectivity index (χ4v) is 0. The van der Waals surface area contributed by atoms with Gasteiger partial charge in [-0.15, -0.1) is 0 Å². The van der Waals surface area contributed by atoms with E-state index in [2.05, 4.69) is 0 Å². The first kappa shape index (κ1) is 16.1. The summed E-state index contributed by atoms with van der Waals surface area (Å²) in [4.78, 5) is 34.3. The van der Waals surface area contributed by atoms with Crippen molar-refractivity contribution in [2.24, 2.45) is 0 Å². The van der Waals surface area contributed by atoms with Gasteiger partial charge < -0.3 is 28.2 Å². The minimum atomic E-state index is -5.61. The molecule has 0 aliphatic carbocycles. The summed E-state index contributed by atoms with van der Waals surface area (Å²) in [6, 6.07) is 0. The Morgan fingerprint density at radius 1 is 0.857 bits per heavy atom. The van der Waals surface area contributed by atoms with E-state index in [0.29, 0.717) is 0 Å². The Labute approximate surface area is 91.8 Å². The van der Waals surface area contributed by atoms with Crippen molar-refractivity contribution in [3.63, 3.8) is 0 Å².